The van der Waals surface area contributed by atoms with E-state index in [2.05, 4.69) is 5.32 Å². The molecule has 2 heterocycles. The van der Waals surface area contributed by atoms with E-state index in [4.69, 9.17) is 0 Å². The van der Waals surface area contributed by atoms with E-state index in [1.807, 2.05) is 0 Å². The molecule has 2 fully saturated rings. The van der Waals surface area contributed by atoms with Crippen molar-refractivity contribution in [3.8, 4) is 0 Å². The number of benzene rings is 1. The van der Waals surface area contributed by atoms with Gasteiger partial charge in [0.25, 0.3) is 0 Å². The maximum Gasteiger partial charge on any atom is 0.243 e. The van der Waals surface area contributed by atoms with Gasteiger partial charge in [-0.25, -0.2) is 8.42 Å². The summed E-state index contributed by atoms with van der Waals surface area (Å²) in [5.74, 6) is 0.112. The van der Waals surface area contributed by atoms with E-state index in [0.29, 0.717) is 31.1 Å². The topological polar surface area (TPSA) is 69.7 Å². The molecule has 24 heavy (non-hydrogen) atoms. The standard InChI is InChI=1S/C16H23N3O3S.ClH/c20-16(15-8-4-5-9-17-15)18-10-12-19(13-11-18)23(21,22)14-6-2-1-3-7-14;/h1-3,6-7,15,17H,4-5,8-13H2;1H. The molecule has 1 amide bonds. The van der Waals surface area contributed by atoms with E-state index in [0.717, 1.165) is 25.8 Å². The molecule has 1 N–H and O–H groups in total. The third-order valence-corrected chi connectivity index (χ3v) is 6.45. The molecule has 1 unspecified atom stereocenters. The number of hydrogen-bond donors (Lipinski definition) is 1. The van der Waals surface area contributed by atoms with Gasteiger partial charge in [-0.2, -0.15) is 4.31 Å². The van der Waals surface area contributed by atoms with Crippen molar-refractivity contribution in [3.05, 3.63) is 30.3 Å². The Morgan fingerprint density at radius 1 is 1.04 bits per heavy atom. The van der Waals surface area contributed by atoms with Crippen LogP contribution in [0.4, 0.5) is 0 Å². The number of nitrogens with one attached hydrogen (secondary N) is 1. The zero-order chi connectivity index (χ0) is 16.3. The molecule has 0 saturated carbocycles. The van der Waals surface area contributed by atoms with Gasteiger partial charge in [-0.15, -0.1) is 12.4 Å². The van der Waals surface area contributed by atoms with E-state index >= 15 is 0 Å². The summed E-state index contributed by atoms with van der Waals surface area (Å²) in [6.07, 6.45) is 3.07. The zero-order valence-electron chi connectivity index (χ0n) is 13.6. The van der Waals surface area contributed by atoms with Gasteiger partial charge in [0.1, 0.15) is 0 Å². The lowest BCUT2D eigenvalue weighted by molar-refractivity contribution is -0.135. The van der Waals surface area contributed by atoms with Gasteiger partial charge in [0.05, 0.1) is 10.9 Å². The molecule has 0 aliphatic carbocycles. The molecule has 1 atom stereocenters. The largest absolute Gasteiger partial charge is 0.339 e. The molecule has 2 aliphatic heterocycles. The van der Waals surface area contributed by atoms with Crippen LogP contribution in [-0.2, 0) is 14.8 Å². The summed E-state index contributed by atoms with van der Waals surface area (Å²) >= 11 is 0. The highest BCUT2D eigenvalue weighted by atomic mass is 35.5. The average molecular weight is 374 g/mol. The molecule has 2 aliphatic rings. The van der Waals surface area contributed by atoms with Crippen molar-refractivity contribution in [1.82, 2.24) is 14.5 Å². The smallest absolute Gasteiger partial charge is 0.243 e. The number of nitrogens with zero attached hydrogens (tertiary/aromatic N) is 2. The van der Waals surface area contributed by atoms with Crippen LogP contribution in [0.5, 0.6) is 0 Å². The number of piperazine rings is 1. The number of piperidine rings is 1. The Hall–Kier alpha value is -1.15. The minimum Gasteiger partial charge on any atom is -0.339 e. The Morgan fingerprint density at radius 3 is 2.29 bits per heavy atom. The lowest BCUT2D eigenvalue weighted by Gasteiger charge is -2.36. The van der Waals surface area contributed by atoms with Crippen molar-refractivity contribution in [2.24, 2.45) is 0 Å². The number of rotatable bonds is 3. The predicted molar refractivity (Wildman–Crippen MR) is 94.7 cm³/mol. The number of amides is 1. The number of carbonyl (C=O) groups excluding carboxylic acids is 1. The number of halogens is 1. The van der Waals surface area contributed by atoms with Gasteiger partial charge < -0.3 is 10.2 Å². The molecule has 6 nitrogen and oxygen atoms in total. The first-order chi connectivity index (χ1) is 11.1. The molecule has 1 aromatic carbocycles. The minimum atomic E-state index is -3.46. The summed E-state index contributed by atoms with van der Waals surface area (Å²) in [7, 11) is -3.46. The van der Waals surface area contributed by atoms with Gasteiger partial charge >= 0.3 is 0 Å². The van der Waals surface area contributed by atoms with Crippen LogP contribution in [0.25, 0.3) is 0 Å². The lowest BCUT2D eigenvalue weighted by atomic mass is 10.0. The van der Waals surface area contributed by atoms with Gasteiger partial charge in [-0.05, 0) is 31.5 Å². The number of carbonyl (C=O) groups is 1. The summed E-state index contributed by atoms with van der Waals surface area (Å²) in [4.78, 5) is 14.6. The number of sulfonamides is 1. The summed E-state index contributed by atoms with van der Waals surface area (Å²) in [6, 6.07) is 8.37. The van der Waals surface area contributed by atoms with Gasteiger partial charge in [-0.3, -0.25) is 4.79 Å². The Morgan fingerprint density at radius 2 is 1.71 bits per heavy atom. The summed E-state index contributed by atoms with van der Waals surface area (Å²) in [5, 5.41) is 3.26. The fourth-order valence-corrected chi connectivity index (χ4v) is 4.62. The van der Waals surface area contributed by atoms with Crippen LogP contribution in [-0.4, -0.2) is 62.3 Å². The second-order valence-corrected chi connectivity index (χ2v) is 7.98. The molecule has 0 spiro atoms. The fourth-order valence-electron chi connectivity index (χ4n) is 3.17. The van der Waals surface area contributed by atoms with Crippen LogP contribution in [0.2, 0.25) is 0 Å². The highest BCUT2D eigenvalue weighted by Gasteiger charge is 2.32. The fraction of sp³-hybridized carbons (Fsp3) is 0.562. The van der Waals surface area contributed by atoms with Crippen LogP contribution in [0.3, 0.4) is 0 Å². The zero-order valence-corrected chi connectivity index (χ0v) is 15.2. The first-order valence-electron chi connectivity index (χ1n) is 8.16. The summed E-state index contributed by atoms with van der Waals surface area (Å²) < 4.78 is 26.6. The molecule has 1 aromatic rings. The third kappa shape index (κ3) is 4.08. The average Bonchev–Trinajstić information content (AvgIpc) is 2.63. The third-order valence-electron chi connectivity index (χ3n) is 4.54. The van der Waals surface area contributed by atoms with E-state index in [1.165, 1.54) is 4.31 Å². The molecule has 0 aromatic heterocycles. The number of hydrogen-bond acceptors (Lipinski definition) is 4. The van der Waals surface area contributed by atoms with Crippen LogP contribution in [0, 0.1) is 0 Å². The Labute approximate surface area is 149 Å². The second-order valence-electron chi connectivity index (χ2n) is 6.04. The summed E-state index contributed by atoms with van der Waals surface area (Å²) in [5.41, 5.74) is 0. The van der Waals surface area contributed by atoms with Crippen molar-refractivity contribution >= 4 is 28.3 Å². The first kappa shape index (κ1) is 19.2. The highest BCUT2D eigenvalue weighted by Crippen LogP contribution is 2.18. The summed E-state index contributed by atoms with van der Waals surface area (Å²) in [6.45, 7) is 2.52. The monoisotopic (exact) mass is 373 g/mol. The SMILES string of the molecule is Cl.O=C(C1CCCCN1)N1CCN(S(=O)(=O)c2ccccc2)CC1. The van der Waals surface area contributed by atoms with E-state index in [-0.39, 0.29) is 24.4 Å². The highest BCUT2D eigenvalue weighted by molar-refractivity contribution is 7.89. The quantitative estimate of drug-likeness (QED) is 0.860. The van der Waals surface area contributed by atoms with Gasteiger partial charge in [0.2, 0.25) is 15.9 Å². The Kier molecular flexibility index (Phi) is 6.62. The van der Waals surface area contributed by atoms with E-state index in [9.17, 15) is 13.2 Å². The second kappa shape index (κ2) is 8.29. The van der Waals surface area contributed by atoms with Crippen LogP contribution < -0.4 is 5.32 Å². The van der Waals surface area contributed by atoms with Crippen molar-refractivity contribution in [3.63, 3.8) is 0 Å². The van der Waals surface area contributed by atoms with Crippen molar-refractivity contribution in [2.75, 3.05) is 32.7 Å². The molecule has 134 valence electrons. The van der Waals surface area contributed by atoms with Crippen LogP contribution >= 0.6 is 12.4 Å². The minimum absolute atomic E-state index is 0. The maximum absolute atomic E-state index is 12.6. The maximum atomic E-state index is 12.6. The van der Waals surface area contributed by atoms with Gasteiger partial charge in [0.15, 0.2) is 0 Å². The van der Waals surface area contributed by atoms with Crippen LogP contribution in [0.1, 0.15) is 19.3 Å². The molecular weight excluding hydrogens is 350 g/mol. The van der Waals surface area contributed by atoms with Gasteiger partial charge in [0, 0.05) is 26.2 Å². The molecule has 3 rings (SSSR count). The van der Waals surface area contributed by atoms with Crippen molar-refractivity contribution in [1.29, 1.82) is 0 Å². The van der Waals surface area contributed by atoms with Crippen molar-refractivity contribution in [2.45, 2.75) is 30.2 Å². The Bertz CT molecular complexity index is 640. The van der Waals surface area contributed by atoms with Crippen LogP contribution in [0.15, 0.2) is 35.2 Å². The van der Waals surface area contributed by atoms with Crippen molar-refractivity contribution < 1.29 is 13.2 Å². The van der Waals surface area contributed by atoms with E-state index in [1.54, 1.807) is 35.2 Å². The molecular formula is C16H24ClN3O3S. The lowest BCUT2D eigenvalue weighted by Crippen LogP contribution is -2.55. The normalized spacial score (nSPS) is 22.7. The Balaban J connectivity index is 0.00000208. The first-order valence-corrected chi connectivity index (χ1v) is 9.60. The predicted octanol–water partition coefficient (Wildman–Crippen LogP) is 1.08. The molecule has 2 saturated heterocycles. The molecule has 8 heteroatoms. The van der Waals surface area contributed by atoms with E-state index < -0.39 is 10.0 Å². The molecule has 0 radical (unpaired) electrons. The molecule has 0 bridgehead atoms. The van der Waals surface area contributed by atoms with Gasteiger partial charge in [-0.1, -0.05) is 24.6 Å².